The predicted octanol–water partition coefficient (Wildman–Crippen LogP) is 3.01. The zero-order valence-electron chi connectivity index (χ0n) is 15.0. The molecule has 1 aliphatic carbocycles. The highest BCUT2D eigenvalue weighted by atomic mass is 16.5. The Balaban J connectivity index is 1.86. The molecule has 1 fully saturated rings. The van der Waals surface area contributed by atoms with Gasteiger partial charge in [-0.3, -0.25) is 4.79 Å². The molecule has 0 radical (unpaired) electrons. The summed E-state index contributed by atoms with van der Waals surface area (Å²) in [5.74, 6) is -0.108. The highest BCUT2D eigenvalue weighted by Gasteiger charge is 2.37. The van der Waals surface area contributed by atoms with E-state index in [1.165, 1.54) is 0 Å². The molecule has 1 N–H and O–H groups in total. The largest absolute Gasteiger partial charge is 0.378 e. The van der Waals surface area contributed by atoms with Crippen molar-refractivity contribution in [3.8, 4) is 6.07 Å². The molecule has 134 valence electrons. The van der Waals surface area contributed by atoms with E-state index in [0.29, 0.717) is 25.2 Å². The lowest BCUT2D eigenvalue weighted by Gasteiger charge is -2.36. The van der Waals surface area contributed by atoms with Gasteiger partial charge in [0.1, 0.15) is 0 Å². The van der Waals surface area contributed by atoms with E-state index in [9.17, 15) is 10.1 Å². The number of nitrogens with one attached hydrogen (secondary N) is 1. The van der Waals surface area contributed by atoms with Crippen LogP contribution in [0.1, 0.15) is 37.7 Å². The normalized spacial score (nSPS) is 23.5. The van der Waals surface area contributed by atoms with Gasteiger partial charge in [0.05, 0.1) is 30.8 Å². The number of nitriles is 1. The fourth-order valence-electron chi connectivity index (χ4n) is 4.27. The highest BCUT2D eigenvalue weighted by Crippen LogP contribution is 2.44. The quantitative estimate of drug-likeness (QED) is 0.889. The molecule has 5 heteroatoms. The van der Waals surface area contributed by atoms with Crippen molar-refractivity contribution in [1.82, 2.24) is 5.32 Å². The molecule has 0 amide bonds. The first-order valence-corrected chi connectivity index (χ1v) is 9.26. The van der Waals surface area contributed by atoms with Crippen molar-refractivity contribution in [2.75, 3.05) is 31.2 Å². The van der Waals surface area contributed by atoms with Crippen LogP contribution in [0.3, 0.4) is 0 Å². The number of ether oxygens (including phenoxy) is 1. The summed E-state index contributed by atoms with van der Waals surface area (Å²) in [7, 11) is 0. The minimum absolute atomic E-state index is 0.167. The summed E-state index contributed by atoms with van der Waals surface area (Å²) in [6, 6.07) is 10.6. The third kappa shape index (κ3) is 2.81. The average molecular weight is 349 g/mol. The van der Waals surface area contributed by atoms with Gasteiger partial charge in [-0.25, -0.2) is 0 Å². The number of Topliss-reactive ketones (excluding diaryl/α,β-unsaturated/α-hetero) is 1. The number of carbonyl (C=O) groups is 1. The first-order valence-electron chi connectivity index (χ1n) is 9.26. The van der Waals surface area contributed by atoms with Crippen molar-refractivity contribution in [1.29, 1.82) is 5.26 Å². The van der Waals surface area contributed by atoms with Crippen molar-refractivity contribution in [3.63, 3.8) is 0 Å². The molecule has 0 spiro atoms. The second kappa shape index (κ2) is 6.97. The Kier molecular flexibility index (Phi) is 4.52. The molecule has 0 saturated carbocycles. The number of allylic oxidation sites excluding steroid dienone is 4. The summed E-state index contributed by atoms with van der Waals surface area (Å²) in [5, 5.41) is 13.2. The van der Waals surface area contributed by atoms with E-state index in [1.807, 2.05) is 19.1 Å². The molecule has 3 aliphatic rings. The van der Waals surface area contributed by atoms with E-state index in [1.54, 1.807) is 0 Å². The molecule has 1 aromatic carbocycles. The Bertz CT molecular complexity index is 841. The maximum Gasteiger partial charge on any atom is 0.161 e. The van der Waals surface area contributed by atoms with Crippen molar-refractivity contribution in [2.24, 2.45) is 0 Å². The van der Waals surface area contributed by atoms with Gasteiger partial charge < -0.3 is 15.0 Å². The van der Waals surface area contributed by atoms with Gasteiger partial charge in [0.25, 0.3) is 0 Å². The third-order valence-electron chi connectivity index (χ3n) is 5.50. The lowest BCUT2D eigenvalue weighted by Crippen LogP contribution is -2.38. The lowest BCUT2D eigenvalue weighted by atomic mass is 9.75. The van der Waals surface area contributed by atoms with Gasteiger partial charge in [-0.15, -0.1) is 0 Å². The minimum Gasteiger partial charge on any atom is -0.378 e. The van der Waals surface area contributed by atoms with Crippen molar-refractivity contribution in [2.45, 2.75) is 32.1 Å². The van der Waals surface area contributed by atoms with Crippen LogP contribution >= 0.6 is 0 Å². The van der Waals surface area contributed by atoms with Gasteiger partial charge in [-0.2, -0.15) is 5.26 Å². The minimum atomic E-state index is -0.275. The maximum absolute atomic E-state index is 12.8. The number of dihydropyridines is 1. The van der Waals surface area contributed by atoms with E-state index >= 15 is 0 Å². The predicted molar refractivity (Wildman–Crippen MR) is 99.5 cm³/mol. The Hall–Kier alpha value is -2.58. The summed E-state index contributed by atoms with van der Waals surface area (Å²) >= 11 is 0. The molecule has 0 aromatic heterocycles. The molecule has 2 aliphatic heterocycles. The summed E-state index contributed by atoms with van der Waals surface area (Å²) in [6.07, 6.45) is 2.31. The molecule has 1 aromatic rings. The highest BCUT2D eigenvalue weighted by molar-refractivity contribution is 6.00. The number of nitrogens with zero attached hydrogens (tertiary/aromatic N) is 2. The van der Waals surface area contributed by atoms with E-state index < -0.39 is 0 Å². The SMILES string of the molecule is CC1=C(C#N)[C@H](c2ccccc2N2CCOCC2)C2=C(CCCC2=O)N1. The maximum atomic E-state index is 12.8. The van der Waals surface area contributed by atoms with Gasteiger partial charge >= 0.3 is 0 Å². The molecular weight excluding hydrogens is 326 g/mol. The number of carbonyl (C=O) groups excluding carboxylic acids is 1. The Morgan fingerprint density at radius 1 is 1.23 bits per heavy atom. The monoisotopic (exact) mass is 349 g/mol. The number of hydrogen-bond donors (Lipinski definition) is 1. The van der Waals surface area contributed by atoms with Crippen LogP contribution < -0.4 is 10.2 Å². The number of anilines is 1. The number of morpholine rings is 1. The number of rotatable bonds is 2. The standard InChI is InChI=1S/C21H23N3O2/c1-14-16(13-22)20(21-17(23-14)6-4-8-19(21)25)15-5-2-3-7-18(15)24-9-11-26-12-10-24/h2-3,5,7,20,23H,4,6,8-12H2,1H3/t20-/m0/s1. The second-order valence-electron chi connectivity index (χ2n) is 7.04. The van der Waals surface area contributed by atoms with E-state index in [2.05, 4.69) is 28.4 Å². The number of para-hydroxylation sites is 1. The van der Waals surface area contributed by atoms with Gasteiger partial charge in [0, 0.05) is 42.2 Å². The molecule has 26 heavy (non-hydrogen) atoms. The smallest absolute Gasteiger partial charge is 0.161 e. The van der Waals surface area contributed by atoms with Crippen LogP contribution in [0.4, 0.5) is 5.69 Å². The van der Waals surface area contributed by atoms with Crippen molar-refractivity contribution in [3.05, 3.63) is 52.4 Å². The molecule has 0 unspecified atom stereocenters. The molecule has 1 saturated heterocycles. The zero-order chi connectivity index (χ0) is 18.1. The lowest BCUT2D eigenvalue weighted by molar-refractivity contribution is -0.116. The van der Waals surface area contributed by atoms with E-state index in [4.69, 9.17) is 4.74 Å². The molecule has 1 atom stereocenters. The van der Waals surface area contributed by atoms with Crippen LogP contribution in [0.15, 0.2) is 46.8 Å². The Morgan fingerprint density at radius 2 is 2.00 bits per heavy atom. The Morgan fingerprint density at radius 3 is 2.77 bits per heavy atom. The molecular formula is C21H23N3O2. The van der Waals surface area contributed by atoms with Crippen molar-refractivity contribution >= 4 is 11.5 Å². The Labute approximate surface area is 153 Å². The molecule has 5 nitrogen and oxygen atoms in total. The number of benzene rings is 1. The topological polar surface area (TPSA) is 65.4 Å². The van der Waals surface area contributed by atoms with Gasteiger partial charge in [0.15, 0.2) is 5.78 Å². The fraction of sp³-hybridized carbons (Fsp3) is 0.429. The van der Waals surface area contributed by atoms with Crippen LogP contribution in [-0.4, -0.2) is 32.1 Å². The first kappa shape index (κ1) is 16.9. The van der Waals surface area contributed by atoms with E-state index in [0.717, 1.165) is 54.1 Å². The van der Waals surface area contributed by atoms with E-state index in [-0.39, 0.29) is 11.7 Å². The first-order chi connectivity index (χ1) is 12.7. The zero-order valence-corrected chi connectivity index (χ0v) is 15.0. The van der Waals surface area contributed by atoms with Gasteiger partial charge in [0.2, 0.25) is 0 Å². The summed E-state index contributed by atoms with van der Waals surface area (Å²) in [4.78, 5) is 15.1. The fourth-order valence-corrected chi connectivity index (χ4v) is 4.27. The number of ketones is 1. The second-order valence-corrected chi connectivity index (χ2v) is 7.04. The molecule has 4 rings (SSSR count). The third-order valence-corrected chi connectivity index (χ3v) is 5.50. The van der Waals surface area contributed by atoms with Crippen LogP contribution in [0.25, 0.3) is 0 Å². The van der Waals surface area contributed by atoms with Crippen LogP contribution in [0, 0.1) is 11.3 Å². The summed E-state index contributed by atoms with van der Waals surface area (Å²) in [6.45, 7) is 4.99. The van der Waals surface area contributed by atoms with Crippen LogP contribution in [-0.2, 0) is 9.53 Å². The molecule has 2 heterocycles. The van der Waals surface area contributed by atoms with Crippen LogP contribution in [0.5, 0.6) is 0 Å². The average Bonchev–Trinajstić information content (AvgIpc) is 2.68. The number of hydrogen-bond acceptors (Lipinski definition) is 5. The molecule has 0 bridgehead atoms. The summed E-state index contributed by atoms with van der Waals surface area (Å²) in [5.41, 5.74) is 5.46. The summed E-state index contributed by atoms with van der Waals surface area (Å²) < 4.78 is 5.49. The van der Waals surface area contributed by atoms with Gasteiger partial charge in [-0.05, 0) is 31.4 Å². The van der Waals surface area contributed by atoms with Gasteiger partial charge in [-0.1, -0.05) is 18.2 Å². The van der Waals surface area contributed by atoms with Crippen LogP contribution in [0.2, 0.25) is 0 Å². The van der Waals surface area contributed by atoms with Crippen molar-refractivity contribution < 1.29 is 9.53 Å².